The number of nitrogens with one attached hydrogen (secondary N) is 2. The number of hydrogen-bond acceptors (Lipinski definition) is 7. The Morgan fingerprint density at radius 3 is 2.68 bits per heavy atom. The number of likely N-dealkylation sites (tertiary alicyclic amines) is 1. The van der Waals surface area contributed by atoms with E-state index in [0.717, 1.165) is 16.5 Å². The zero-order chi connectivity index (χ0) is 25.5. The average Bonchev–Trinajstić information content (AvgIpc) is 3.52. The Morgan fingerprint density at radius 2 is 1.92 bits per heavy atom. The van der Waals surface area contributed by atoms with Crippen LogP contribution in [0.15, 0.2) is 30.6 Å². The Labute approximate surface area is 212 Å². The first-order valence-corrected chi connectivity index (χ1v) is 12.4. The van der Waals surface area contributed by atoms with Crippen molar-refractivity contribution in [2.75, 3.05) is 44.3 Å². The van der Waals surface area contributed by atoms with Gasteiger partial charge in [-0.25, -0.2) is 14.8 Å². The van der Waals surface area contributed by atoms with Crippen LogP contribution in [-0.2, 0) is 4.74 Å². The fourth-order valence-corrected chi connectivity index (χ4v) is 5.20. The molecule has 2 amide bonds. The highest BCUT2D eigenvalue weighted by atomic mass is 16.5. The predicted molar refractivity (Wildman–Crippen MR) is 136 cm³/mol. The number of aromatic nitrogens is 5. The highest BCUT2D eigenvalue weighted by Crippen LogP contribution is 2.31. The average molecular weight is 505 g/mol. The number of benzene rings is 1. The molecule has 0 unspecified atom stereocenters. The van der Waals surface area contributed by atoms with Gasteiger partial charge in [-0.15, -0.1) is 0 Å². The molecule has 6 rings (SSSR count). The van der Waals surface area contributed by atoms with Gasteiger partial charge in [0.1, 0.15) is 5.69 Å². The molecule has 2 aliphatic heterocycles. The lowest BCUT2D eigenvalue weighted by Crippen LogP contribution is -2.46. The van der Waals surface area contributed by atoms with Crippen LogP contribution in [0.2, 0.25) is 0 Å². The number of aryl methyl sites for hydroxylation is 1. The van der Waals surface area contributed by atoms with Gasteiger partial charge in [0.25, 0.3) is 5.91 Å². The largest absolute Gasteiger partial charge is 0.465 e. The Hall–Kier alpha value is -4.19. The van der Waals surface area contributed by atoms with E-state index in [1.165, 1.54) is 4.90 Å². The summed E-state index contributed by atoms with van der Waals surface area (Å²) < 4.78 is 7.39. The van der Waals surface area contributed by atoms with E-state index >= 15 is 0 Å². The molecule has 4 aromatic rings. The van der Waals surface area contributed by atoms with E-state index in [1.54, 1.807) is 6.20 Å². The molecule has 0 spiro atoms. The second-order valence-electron chi connectivity index (χ2n) is 9.44. The lowest BCUT2D eigenvalue weighted by atomic mass is 10.1. The van der Waals surface area contributed by atoms with Gasteiger partial charge in [0, 0.05) is 49.4 Å². The first-order valence-electron chi connectivity index (χ1n) is 12.4. The number of ether oxygens (including phenoxy) is 1. The number of H-pyrrole nitrogens is 1. The molecular formula is C25H28N8O4. The highest BCUT2D eigenvalue weighted by molar-refractivity contribution is 5.97. The maximum Gasteiger partial charge on any atom is 0.407 e. The molecule has 0 saturated carbocycles. The first kappa shape index (κ1) is 23.2. The monoisotopic (exact) mass is 504 g/mol. The summed E-state index contributed by atoms with van der Waals surface area (Å²) in [5.74, 6) is 0.476. The van der Waals surface area contributed by atoms with Crippen LogP contribution in [0.5, 0.6) is 0 Å². The van der Waals surface area contributed by atoms with E-state index in [2.05, 4.69) is 20.4 Å². The molecule has 0 bridgehead atoms. The predicted octanol–water partition coefficient (Wildman–Crippen LogP) is 2.29. The Morgan fingerprint density at radius 1 is 1.14 bits per heavy atom. The van der Waals surface area contributed by atoms with Crippen molar-refractivity contribution in [2.24, 2.45) is 0 Å². The van der Waals surface area contributed by atoms with Crippen molar-refractivity contribution in [1.29, 1.82) is 0 Å². The third kappa shape index (κ3) is 4.22. The van der Waals surface area contributed by atoms with Crippen LogP contribution in [0.1, 0.15) is 29.0 Å². The summed E-state index contributed by atoms with van der Waals surface area (Å²) in [6.45, 7) is 5.17. The normalized spacial score (nSPS) is 17.0. The maximum absolute atomic E-state index is 13.6. The standard InChI is InChI=1S/C25H28N8O4/c1-15-21(24(34)28-16-5-7-32(8-6-16)25(35)36)33-14-20(17-3-2-4-19-18(17)13-26-30-19)29-22(23(33)27-15)31-9-11-37-12-10-31/h2-4,13-14,16H,5-12H2,1H3,(H,26,30)(H,28,34)(H,35,36). The van der Waals surface area contributed by atoms with Crippen molar-refractivity contribution in [1.82, 2.24) is 34.8 Å². The van der Waals surface area contributed by atoms with Gasteiger partial charge in [-0.3, -0.25) is 14.3 Å². The lowest BCUT2D eigenvalue weighted by Gasteiger charge is -2.30. The van der Waals surface area contributed by atoms with E-state index < -0.39 is 6.09 Å². The van der Waals surface area contributed by atoms with Gasteiger partial charge in [0.15, 0.2) is 11.5 Å². The fraction of sp³-hybridized carbons (Fsp3) is 0.400. The van der Waals surface area contributed by atoms with Crippen molar-refractivity contribution < 1.29 is 19.4 Å². The molecule has 5 heterocycles. The quantitative estimate of drug-likeness (QED) is 0.384. The molecule has 12 heteroatoms. The zero-order valence-electron chi connectivity index (χ0n) is 20.5. The van der Waals surface area contributed by atoms with Crippen molar-refractivity contribution in [2.45, 2.75) is 25.8 Å². The number of carboxylic acid groups (broad SMARTS) is 1. The number of hydrogen-bond donors (Lipinski definition) is 3. The number of amides is 2. The molecule has 3 aromatic heterocycles. The van der Waals surface area contributed by atoms with Crippen molar-refractivity contribution >= 4 is 34.4 Å². The smallest absolute Gasteiger partial charge is 0.407 e. The van der Waals surface area contributed by atoms with Gasteiger partial charge >= 0.3 is 6.09 Å². The van der Waals surface area contributed by atoms with Crippen molar-refractivity contribution in [3.8, 4) is 11.3 Å². The summed E-state index contributed by atoms with van der Waals surface area (Å²) in [5, 5.41) is 20.5. The topological polar surface area (TPSA) is 141 Å². The number of carbonyl (C=O) groups is 2. The minimum atomic E-state index is -0.925. The number of fused-ring (bicyclic) bond motifs is 2. The van der Waals surface area contributed by atoms with Crippen LogP contribution in [-0.4, -0.2) is 92.0 Å². The number of nitrogens with zero attached hydrogens (tertiary/aromatic N) is 6. The van der Waals surface area contributed by atoms with E-state index in [9.17, 15) is 14.7 Å². The second-order valence-corrected chi connectivity index (χ2v) is 9.44. The SMILES string of the molecule is Cc1nc2c(N3CCOCC3)nc(-c3cccc4[nH]ncc34)cn2c1C(=O)NC1CCN(C(=O)O)CC1. The Kier molecular flexibility index (Phi) is 5.87. The van der Waals surface area contributed by atoms with Crippen LogP contribution < -0.4 is 10.2 Å². The Balaban J connectivity index is 1.42. The molecule has 3 N–H and O–H groups in total. The van der Waals surface area contributed by atoms with Crippen molar-refractivity contribution in [3.05, 3.63) is 42.0 Å². The summed E-state index contributed by atoms with van der Waals surface area (Å²) in [6.07, 6.45) is 3.86. The molecule has 0 radical (unpaired) electrons. The van der Waals surface area contributed by atoms with Crippen LogP contribution in [0, 0.1) is 6.92 Å². The summed E-state index contributed by atoms with van der Waals surface area (Å²) >= 11 is 0. The minimum Gasteiger partial charge on any atom is -0.465 e. The molecule has 12 nitrogen and oxygen atoms in total. The molecule has 37 heavy (non-hydrogen) atoms. The maximum atomic E-state index is 13.6. The number of carbonyl (C=O) groups excluding carboxylic acids is 1. The zero-order valence-corrected chi connectivity index (χ0v) is 20.5. The van der Waals surface area contributed by atoms with Crippen molar-refractivity contribution in [3.63, 3.8) is 0 Å². The van der Waals surface area contributed by atoms with Gasteiger partial charge in [-0.05, 0) is 25.8 Å². The number of morpholine rings is 1. The van der Waals surface area contributed by atoms with Crippen LogP contribution in [0.25, 0.3) is 27.8 Å². The molecule has 0 atom stereocenters. The van der Waals surface area contributed by atoms with Gasteiger partial charge in [0.2, 0.25) is 0 Å². The van der Waals surface area contributed by atoms with Gasteiger partial charge in [-0.1, -0.05) is 12.1 Å². The fourth-order valence-electron chi connectivity index (χ4n) is 5.20. The lowest BCUT2D eigenvalue weighted by molar-refractivity contribution is 0.0901. The molecule has 2 aliphatic rings. The minimum absolute atomic E-state index is 0.104. The summed E-state index contributed by atoms with van der Waals surface area (Å²) in [5.41, 5.74) is 4.19. The number of imidazole rings is 1. The number of piperidine rings is 1. The number of anilines is 1. The van der Waals surface area contributed by atoms with E-state index in [1.807, 2.05) is 35.7 Å². The van der Waals surface area contributed by atoms with Crippen LogP contribution in [0.4, 0.5) is 10.6 Å². The first-order chi connectivity index (χ1) is 18.0. The van der Waals surface area contributed by atoms with Crippen LogP contribution >= 0.6 is 0 Å². The summed E-state index contributed by atoms with van der Waals surface area (Å²) in [6, 6.07) is 5.80. The number of aromatic amines is 1. The summed E-state index contributed by atoms with van der Waals surface area (Å²) in [7, 11) is 0. The van der Waals surface area contributed by atoms with Crippen LogP contribution in [0.3, 0.4) is 0 Å². The number of rotatable bonds is 4. The van der Waals surface area contributed by atoms with E-state index in [4.69, 9.17) is 14.7 Å². The van der Waals surface area contributed by atoms with E-state index in [0.29, 0.717) is 80.8 Å². The molecule has 192 valence electrons. The summed E-state index contributed by atoms with van der Waals surface area (Å²) in [4.78, 5) is 38.1. The molecule has 2 fully saturated rings. The molecule has 2 saturated heterocycles. The molecule has 1 aromatic carbocycles. The van der Waals surface area contributed by atoms with E-state index in [-0.39, 0.29) is 11.9 Å². The third-order valence-electron chi connectivity index (χ3n) is 7.15. The molecular weight excluding hydrogens is 476 g/mol. The third-order valence-corrected chi connectivity index (χ3v) is 7.15. The highest BCUT2D eigenvalue weighted by Gasteiger charge is 2.28. The Bertz CT molecular complexity index is 1480. The van der Waals surface area contributed by atoms with Gasteiger partial charge in [0.05, 0.1) is 36.3 Å². The van der Waals surface area contributed by atoms with Gasteiger partial charge in [-0.2, -0.15) is 5.10 Å². The second kappa shape index (κ2) is 9.36. The van der Waals surface area contributed by atoms with Gasteiger partial charge < -0.3 is 25.0 Å². The molecule has 0 aliphatic carbocycles.